The fourth-order valence-electron chi connectivity index (χ4n) is 4.07. The topological polar surface area (TPSA) is 15.3 Å². The number of aryl methyl sites for hydroxylation is 1. The third-order valence-electron chi connectivity index (χ3n) is 4.99. The van der Waals surface area contributed by atoms with E-state index in [9.17, 15) is 0 Å². The minimum absolute atomic E-state index is 0.534. The zero-order chi connectivity index (χ0) is 11.5. The Morgan fingerprint density at radius 1 is 1.29 bits per heavy atom. The molecular formula is C15H20N2. The molecular weight excluding hydrogens is 208 g/mol. The summed E-state index contributed by atoms with van der Waals surface area (Å²) in [5.74, 6) is 0. The molecule has 1 aromatic carbocycles. The molecule has 2 aliphatic heterocycles. The average Bonchev–Trinajstić information content (AvgIpc) is 2.52. The van der Waals surface area contributed by atoms with E-state index in [0.29, 0.717) is 5.41 Å². The number of rotatable bonds is 0. The van der Waals surface area contributed by atoms with Crippen LogP contribution in [-0.4, -0.2) is 19.6 Å². The van der Waals surface area contributed by atoms with Crippen LogP contribution in [0.3, 0.4) is 0 Å². The van der Waals surface area contributed by atoms with Crippen molar-refractivity contribution >= 4 is 5.69 Å². The van der Waals surface area contributed by atoms with Crippen LogP contribution in [0.5, 0.6) is 0 Å². The highest BCUT2D eigenvalue weighted by molar-refractivity contribution is 5.70. The van der Waals surface area contributed by atoms with Crippen molar-refractivity contribution in [3.63, 3.8) is 0 Å². The molecule has 2 nitrogen and oxygen atoms in total. The van der Waals surface area contributed by atoms with Crippen LogP contribution in [0.2, 0.25) is 0 Å². The molecule has 0 amide bonds. The van der Waals surface area contributed by atoms with Crippen molar-refractivity contribution in [2.75, 3.05) is 24.5 Å². The van der Waals surface area contributed by atoms with Gasteiger partial charge in [0.15, 0.2) is 0 Å². The van der Waals surface area contributed by atoms with Crippen LogP contribution >= 0.6 is 0 Å². The lowest BCUT2D eigenvalue weighted by molar-refractivity contribution is 0.262. The van der Waals surface area contributed by atoms with Gasteiger partial charge in [-0.05, 0) is 36.5 Å². The molecule has 17 heavy (non-hydrogen) atoms. The molecule has 2 heterocycles. The van der Waals surface area contributed by atoms with Crippen LogP contribution in [-0.2, 0) is 12.0 Å². The molecule has 0 aromatic heterocycles. The first-order chi connectivity index (χ1) is 8.30. The van der Waals surface area contributed by atoms with Crippen molar-refractivity contribution in [1.29, 1.82) is 0 Å². The molecule has 1 spiro atoms. The van der Waals surface area contributed by atoms with Gasteiger partial charge in [-0.25, -0.2) is 0 Å². The first-order valence-electron chi connectivity index (χ1n) is 6.89. The van der Waals surface area contributed by atoms with Crippen LogP contribution in [0.15, 0.2) is 12.1 Å². The number of fused-ring (bicyclic) bond motifs is 1. The van der Waals surface area contributed by atoms with Crippen LogP contribution < -0.4 is 10.2 Å². The summed E-state index contributed by atoms with van der Waals surface area (Å²) in [6.45, 7) is 6.95. The summed E-state index contributed by atoms with van der Waals surface area (Å²) in [6.07, 6.45) is 4.25. The predicted molar refractivity (Wildman–Crippen MR) is 70.6 cm³/mol. The molecule has 0 bridgehead atoms. The maximum atomic E-state index is 3.54. The zero-order valence-corrected chi connectivity index (χ0v) is 10.6. The zero-order valence-electron chi connectivity index (χ0n) is 10.6. The quantitative estimate of drug-likeness (QED) is 0.733. The largest absolute Gasteiger partial charge is 0.369 e. The fraction of sp³-hybridized carbons (Fsp3) is 0.600. The molecule has 1 aromatic rings. The third-order valence-corrected chi connectivity index (χ3v) is 4.99. The normalized spacial score (nSPS) is 24.4. The Kier molecular flexibility index (Phi) is 1.91. The van der Waals surface area contributed by atoms with Gasteiger partial charge in [-0.1, -0.05) is 18.6 Å². The van der Waals surface area contributed by atoms with Crippen LogP contribution in [0.1, 0.15) is 36.0 Å². The van der Waals surface area contributed by atoms with Crippen molar-refractivity contribution in [2.24, 2.45) is 0 Å². The minimum atomic E-state index is 0.534. The molecule has 90 valence electrons. The molecule has 1 N–H and O–H groups in total. The number of hydrogen-bond acceptors (Lipinski definition) is 2. The fourth-order valence-corrected chi connectivity index (χ4v) is 4.07. The highest BCUT2D eigenvalue weighted by Crippen LogP contribution is 2.54. The Balaban J connectivity index is 1.96. The second-order valence-electron chi connectivity index (χ2n) is 6.00. The van der Waals surface area contributed by atoms with Crippen LogP contribution in [0.4, 0.5) is 5.69 Å². The second-order valence-corrected chi connectivity index (χ2v) is 6.00. The minimum Gasteiger partial charge on any atom is -0.369 e. The standard InChI is InChI=1S/C15H20N2/c1-11-3-4-12-9-16-7-8-17-10-15(5-2-6-15)13(11)14(12)17/h3-4,16H,2,5-10H2,1H3. The van der Waals surface area contributed by atoms with E-state index < -0.39 is 0 Å². The first kappa shape index (κ1) is 9.95. The van der Waals surface area contributed by atoms with Crippen LogP contribution in [0.25, 0.3) is 0 Å². The van der Waals surface area contributed by atoms with Gasteiger partial charge in [-0.3, -0.25) is 0 Å². The summed E-state index contributed by atoms with van der Waals surface area (Å²) >= 11 is 0. The summed E-state index contributed by atoms with van der Waals surface area (Å²) in [4.78, 5) is 2.65. The molecule has 1 aliphatic carbocycles. The molecule has 0 atom stereocenters. The van der Waals surface area contributed by atoms with Gasteiger partial charge >= 0.3 is 0 Å². The Bertz CT molecular complexity index is 474. The van der Waals surface area contributed by atoms with E-state index in [4.69, 9.17) is 0 Å². The summed E-state index contributed by atoms with van der Waals surface area (Å²) in [6, 6.07) is 4.67. The summed E-state index contributed by atoms with van der Waals surface area (Å²) < 4.78 is 0. The lowest BCUT2D eigenvalue weighted by Gasteiger charge is -2.40. The Hall–Kier alpha value is -1.02. The van der Waals surface area contributed by atoms with Crippen molar-refractivity contribution in [3.8, 4) is 0 Å². The van der Waals surface area contributed by atoms with Gasteiger partial charge < -0.3 is 10.2 Å². The van der Waals surface area contributed by atoms with E-state index in [1.165, 1.54) is 43.5 Å². The molecule has 2 heteroatoms. The van der Waals surface area contributed by atoms with Gasteiger partial charge in [0.25, 0.3) is 0 Å². The summed E-state index contributed by atoms with van der Waals surface area (Å²) in [5.41, 5.74) is 6.87. The number of hydrogen-bond donors (Lipinski definition) is 1. The van der Waals surface area contributed by atoms with Gasteiger partial charge in [0, 0.05) is 37.3 Å². The van der Waals surface area contributed by atoms with Crippen molar-refractivity contribution in [1.82, 2.24) is 5.32 Å². The molecule has 1 saturated carbocycles. The van der Waals surface area contributed by atoms with E-state index in [1.807, 2.05) is 0 Å². The highest BCUT2D eigenvalue weighted by atomic mass is 15.2. The maximum absolute atomic E-state index is 3.54. The SMILES string of the molecule is Cc1ccc2c3c1C1(CCC1)CN3CCNC2. The number of nitrogens with zero attached hydrogens (tertiary/aromatic N) is 1. The summed E-state index contributed by atoms with van der Waals surface area (Å²) in [7, 11) is 0. The van der Waals surface area contributed by atoms with E-state index in [0.717, 1.165) is 13.1 Å². The average molecular weight is 228 g/mol. The third kappa shape index (κ3) is 1.19. The smallest absolute Gasteiger partial charge is 0.0454 e. The van der Waals surface area contributed by atoms with E-state index >= 15 is 0 Å². The van der Waals surface area contributed by atoms with Gasteiger partial charge in [0.05, 0.1) is 0 Å². The van der Waals surface area contributed by atoms with Gasteiger partial charge in [0.2, 0.25) is 0 Å². The van der Waals surface area contributed by atoms with E-state index in [2.05, 4.69) is 29.3 Å². The lowest BCUT2D eigenvalue weighted by Crippen LogP contribution is -2.41. The number of benzene rings is 1. The highest BCUT2D eigenvalue weighted by Gasteiger charge is 2.48. The molecule has 0 unspecified atom stereocenters. The van der Waals surface area contributed by atoms with Gasteiger partial charge in [0.1, 0.15) is 0 Å². The van der Waals surface area contributed by atoms with E-state index in [-0.39, 0.29) is 0 Å². The molecule has 0 saturated heterocycles. The number of anilines is 1. The Morgan fingerprint density at radius 2 is 2.18 bits per heavy atom. The van der Waals surface area contributed by atoms with Crippen LogP contribution in [0, 0.1) is 6.92 Å². The molecule has 4 rings (SSSR count). The molecule has 1 fully saturated rings. The molecule has 3 aliphatic rings. The Morgan fingerprint density at radius 3 is 2.94 bits per heavy atom. The predicted octanol–water partition coefficient (Wildman–Crippen LogP) is 2.34. The summed E-state index contributed by atoms with van der Waals surface area (Å²) in [5, 5.41) is 3.54. The monoisotopic (exact) mass is 228 g/mol. The number of nitrogens with one attached hydrogen (secondary N) is 1. The molecule has 0 radical (unpaired) electrons. The lowest BCUT2D eigenvalue weighted by atomic mass is 9.64. The maximum Gasteiger partial charge on any atom is 0.0454 e. The van der Waals surface area contributed by atoms with Crippen molar-refractivity contribution in [2.45, 2.75) is 38.1 Å². The van der Waals surface area contributed by atoms with Gasteiger partial charge in [-0.2, -0.15) is 0 Å². The van der Waals surface area contributed by atoms with Crippen molar-refractivity contribution in [3.05, 3.63) is 28.8 Å². The first-order valence-corrected chi connectivity index (χ1v) is 6.89. The van der Waals surface area contributed by atoms with Gasteiger partial charge in [-0.15, -0.1) is 0 Å². The second kappa shape index (κ2) is 3.26. The van der Waals surface area contributed by atoms with Crippen molar-refractivity contribution < 1.29 is 0 Å². The Labute approximate surface area is 103 Å². The van der Waals surface area contributed by atoms with E-state index in [1.54, 1.807) is 11.3 Å².